The number of rotatable bonds is 6. The molecule has 0 aromatic heterocycles. The third-order valence-electron chi connectivity index (χ3n) is 4.57. The smallest absolute Gasteiger partial charge is 0.0780 e. The van der Waals surface area contributed by atoms with Gasteiger partial charge in [-0.25, -0.2) is 0 Å². The van der Waals surface area contributed by atoms with Crippen molar-refractivity contribution >= 4 is 44.0 Å². The SMILES string of the molecule is [NH3+]CCc1cc(Br)cc(C#Cc2cccc(C=Cc3cc(Br)cc(CC[NH3+])c3)c2)c1. The molecule has 3 aromatic rings. The van der Waals surface area contributed by atoms with Gasteiger partial charge in [-0.2, -0.15) is 0 Å². The molecule has 0 aliphatic heterocycles. The highest BCUT2D eigenvalue weighted by Gasteiger charge is 2.00. The van der Waals surface area contributed by atoms with E-state index in [1.807, 2.05) is 12.1 Å². The highest BCUT2D eigenvalue weighted by atomic mass is 79.9. The van der Waals surface area contributed by atoms with Crippen molar-refractivity contribution in [1.29, 1.82) is 0 Å². The summed E-state index contributed by atoms with van der Waals surface area (Å²) >= 11 is 7.18. The van der Waals surface area contributed by atoms with Gasteiger partial charge in [0.1, 0.15) is 0 Å². The van der Waals surface area contributed by atoms with E-state index in [2.05, 4.69) is 116 Å². The summed E-state index contributed by atoms with van der Waals surface area (Å²) < 4.78 is 2.15. The van der Waals surface area contributed by atoms with Crippen LogP contribution in [0, 0.1) is 11.8 Å². The maximum absolute atomic E-state index is 3.95. The number of hydrogen-bond acceptors (Lipinski definition) is 0. The molecule has 0 bridgehead atoms. The molecule has 0 saturated carbocycles. The van der Waals surface area contributed by atoms with E-state index in [0.717, 1.165) is 51.6 Å². The third kappa shape index (κ3) is 6.97. The fourth-order valence-corrected chi connectivity index (χ4v) is 4.35. The molecule has 0 radical (unpaired) electrons. The number of quaternary nitrogens is 2. The largest absolute Gasteiger partial charge is 0.357 e. The molecular formula is C26H26Br2N2+2. The first kappa shape index (κ1) is 22.5. The van der Waals surface area contributed by atoms with Crippen LogP contribution in [0.15, 0.2) is 69.6 Å². The van der Waals surface area contributed by atoms with Gasteiger partial charge >= 0.3 is 0 Å². The van der Waals surface area contributed by atoms with Gasteiger partial charge in [0.25, 0.3) is 0 Å². The lowest BCUT2D eigenvalue weighted by atomic mass is 10.1. The Balaban J connectivity index is 1.79. The highest BCUT2D eigenvalue weighted by molar-refractivity contribution is 9.10. The lowest BCUT2D eigenvalue weighted by Crippen LogP contribution is -2.51. The Labute approximate surface area is 195 Å². The monoisotopic (exact) mass is 524 g/mol. The van der Waals surface area contributed by atoms with Crippen LogP contribution in [-0.4, -0.2) is 13.1 Å². The van der Waals surface area contributed by atoms with Crippen molar-refractivity contribution in [3.8, 4) is 11.8 Å². The van der Waals surface area contributed by atoms with Gasteiger partial charge in [-0.15, -0.1) is 0 Å². The first-order valence-electron chi connectivity index (χ1n) is 10.0. The fraction of sp³-hybridized carbons (Fsp3) is 0.154. The van der Waals surface area contributed by atoms with Crippen molar-refractivity contribution in [2.75, 3.05) is 13.1 Å². The summed E-state index contributed by atoms with van der Waals surface area (Å²) in [6.07, 6.45) is 6.22. The van der Waals surface area contributed by atoms with E-state index in [0.29, 0.717) is 0 Å². The van der Waals surface area contributed by atoms with E-state index in [9.17, 15) is 0 Å². The number of benzene rings is 3. The van der Waals surface area contributed by atoms with Crippen molar-refractivity contribution < 1.29 is 11.5 Å². The highest BCUT2D eigenvalue weighted by Crippen LogP contribution is 2.19. The van der Waals surface area contributed by atoms with Crippen LogP contribution >= 0.6 is 31.9 Å². The van der Waals surface area contributed by atoms with E-state index in [1.54, 1.807) is 0 Å². The van der Waals surface area contributed by atoms with Crippen molar-refractivity contribution in [3.63, 3.8) is 0 Å². The Bertz CT molecular complexity index is 1110. The average molecular weight is 526 g/mol. The van der Waals surface area contributed by atoms with Gasteiger partial charge < -0.3 is 11.5 Å². The Morgan fingerprint density at radius 1 is 0.667 bits per heavy atom. The summed E-state index contributed by atoms with van der Waals surface area (Å²) in [4.78, 5) is 0. The molecule has 152 valence electrons. The zero-order valence-corrected chi connectivity index (χ0v) is 20.1. The van der Waals surface area contributed by atoms with E-state index in [-0.39, 0.29) is 0 Å². The van der Waals surface area contributed by atoms with Crippen LogP contribution < -0.4 is 11.5 Å². The van der Waals surface area contributed by atoms with Crippen LogP contribution in [-0.2, 0) is 12.8 Å². The molecule has 3 rings (SSSR count). The van der Waals surface area contributed by atoms with Gasteiger partial charge in [0.2, 0.25) is 0 Å². The second kappa shape index (κ2) is 11.3. The molecular weight excluding hydrogens is 500 g/mol. The van der Waals surface area contributed by atoms with E-state index < -0.39 is 0 Å². The van der Waals surface area contributed by atoms with Crippen LogP contribution in [0.25, 0.3) is 12.2 Å². The van der Waals surface area contributed by atoms with Crippen molar-refractivity contribution in [1.82, 2.24) is 0 Å². The van der Waals surface area contributed by atoms with E-state index in [1.165, 1.54) is 16.7 Å². The first-order chi connectivity index (χ1) is 14.6. The molecule has 30 heavy (non-hydrogen) atoms. The molecule has 0 atom stereocenters. The normalized spacial score (nSPS) is 10.8. The lowest BCUT2D eigenvalue weighted by Gasteiger charge is -2.02. The second-order valence-electron chi connectivity index (χ2n) is 7.16. The number of halogens is 2. The minimum Gasteiger partial charge on any atom is -0.357 e. The van der Waals surface area contributed by atoms with E-state index in [4.69, 9.17) is 0 Å². The predicted molar refractivity (Wildman–Crippen MR) is 133 cm³/mol. The molecule has 4 heteroatoms. The molecule has 6 N–H and O–H groups in total. The van der Waals surface area contributed by atoms with Gasteiger partial charge in [-0.3, -0.25) is 0 Å². The van der Waals surface area contributed by atoms with Crippen molar-refractivity contribution in [3.05, 3.63) is 103 Å². The Hall–Kier alpha value is -2.16. The molecule has 3 aromatic carbocycles. The van der Waals surface area contributed by atoms with Gasteiger partial charge in [0.15, 0.2) is 0 Å². The maximum atomic E-state index is 3.95. The third-order valence-corrected chi connectivity index (χ3v) is 5.49. The molecule has 0 saturated heterocycles. The quantitative estimate of drug-likeness (QED) is 0.355. The molecule has 0 aliphatic carbocycles. The maximum Gasteiger partial charge on any atom is 0.0780 e. The summed E-state index contributed by atoms with van der Waals surface area (Å²) in [6, 6.07) is 21.1. The zero-order chi connectivity index (χ0) is 21.3. The average Bonchev–Trinajstić information content (AvgIpc) is 2.71. The zero-order valence-electron chi connectivity index (χ0n) is 16.9. The Morgan fingerprint density at radius 2 is 1.30 bits per heavy atom. The Morgan fingerprint density at radius 3 is 2.03 bits per heavy atom. The molecule has 0 spiro atoms. The summed E-state index contributed by atoms with van der Waals surface area (Å²) in [5.74, 6) is 6.59. The Kier molecular flexibility index (Phi) is 8.48. The summed E-state index contributed by atoms with van der Waals surface area (Å²) in [7, 11) is 0. The minimum absolute atomic E-state index is 0.881. The fourth-order valence-electron chi connectivity index (χ4n) is 3.25. The van der Waals surface area contributed by atoms with Gasteiger partial charge in [0, 0.05) is 32.9 Å². The first-order valence-corrected chi connectivity index (χ1v) is 11.6. The lowest BCUT2D eigenvalue weighted by molar-refractivity contribution is -0.367. The predicted octanol–water partition coefficient (Wildman–Crippen LogP) is 4.35. The molecule has 0 fully saturated rings. The van der Waals surface area contributed by atoms with Gasteiger partial charge in [-0.1, -0.05) is 74.1 Å². The molecule has 0 unspecified atom stereocenters. The summed E-state index contributed by atoms with van der Waals surface area (Å²) in [5, 5.41) is 0. The summed E-state index contributed by atoms with van der Waals surface area (Å²) in [6.45, 7) is 1.78. The molecule has 0 heterocycles. The topological polar surface area (TPSA) is 55.3 Å². The van der Waals surface area contributed by atoms with E-state index >= 15 is 0 Å². The van der Waals surface area contributed by atoms with Crippen LogP contribution in [0.1, 0.15) is 33.4 Å². The molecule has 0 aliphatic rings. The van der Waals surface area contributed by atoms with Gasteiger partial charge in [-0.05, 0) is 64.7 Å². The molecule has 2 nitrogen and oxygen atoms in total. The standard InChI is InChI=1S/C26H24Br2N2/c27-25-15-21(13-23(17-25)8-10-29)6-4-19-2-1-3-20(12-19)5-7-22-14-24(9-11-30)18-26(28)16-22/h1-4,6,12-18H,8-11,29-30H2/p+2. The number of hydrogen-bond donors (Lipinski definition) is 2. The van der Waals surface area contributed by atoms with Crippen LogP contribution in [0.3, 0.4) is 0 Å². The van der Waals surface area contributed by atoms with Crippen molar-refractivity contribution in [2.24, 2.45) is 0 Å². The van der Waals surface area contributed by atoms with Gasteiger partial charge in [0.05, 0.1) is 13.1 Å². The van der Waals surface area contributed by atoms with Crippen LogP contribution in [0.5, 0.6) is 0 Å². The van der Waals surface area contributed by atoms with Crippen LogP contribution in [0.4, 0.5) is 0 Å². The second-order valence-corrected chi connectivity index (χ2v) is 8.99. The molecule has 0 amide bonds. The minimum atomic E-state index is 0.881. The van der Waals surface area contributed by atoms with Crippen molar-refractivity contribution in [2.45, 2.75) is 12.8 Å². The summed E-state index contributed by atoms with van der Waals surface area (Å²) in [5.41, 5.74) is 14.8. The van der Waals surface area contributed by atoms with Crippen LogP contribution in [0.2, 0.25) is 0 Å².